The molecule has 0 spiro atoms. The molecule has 0 aromatic heterocycles. The Hall–Kier alpha value is -2.08. The Balaban J connectivity index is 3.09. The molecule has 116 valence electrons. The molecule has 0 aliphatic heterocycles. The number of hydrogen-bond acceptors (Lipinski definition) is 6. The molecule has 1 unspecified atom stereocenters. The van der Waals surface area contributed by atoms with E-state index in [2.05, 4.69) is 4.74 Å². The van der Waals surface area contributed by atoms with Crippen LogP contribution in [0, 0.1) is 0 Å². The first-order valence-electron chi connectivity index (χ1n) is 6.47. The van der Waals surface area contributed by atoms with Crippen LogP contribution >= 0.6 is 0 Å². The van der Waals surface area contributed by atoms with Crippen molar-refractivity contribution in [2.24, 2.45) is 5.73 Å². The second-order valence-corrected chi connectivity index (χ2v) is 5.81. The van der Waals surface area contributed by atoms with Gasteiger partial charge in [0.1, 0.15) is 11.4 Å². The van der Waals surface area contributed by atoms with E-state index in [1.165, 1.54) is 12.1 Å². The fourth-order valence-electron chi connectivity index (χ4n) is 1.77. The van der Waals surface area contributed by atoms with Gasteiger partial charge in [-0.25, -0.2) is 9.59 Å². The summed E-state index contributed by atoms with van der Waals surface area (Å²) in [5.41, 5.74) is 3.73. The number of carbonyl (C=O) groups excluding carboxylic acids is 2. The first-order chi connectivity index (χ1) is 9.58. The topological polar surface area (TPSA) is 98.9 Å². The van der Waals surface area contributed by atoms with Gasteiger partial charge in [0.2, 0.25) is 5.54 Å². The summed E-state index contributed by atoms with van der Waals surface area (Å²) in [5, 5.41) is 9.46. The van der Waals surface area contributed by atoms with Gasteiger partial charge in [-0.05, 0) is 38.5 Å². The van der Waals surface area contributed by atoms with Crippen LogP contribution in [0.15, 0.2) is 24.3 Å². The number of rotatable bonds is 4. The molecule has 3 N–H and O–H groups in total. The molecule has 6 heteroatoms. The van der Waals surface area contributed by atoms with Crippen LogP contribution in [0.2, 0.25) is 0 Å². The van der Waals surface area contributed by atoms with Gasteiger partial charge in [-0.1, -0.05) is 12.1 Å². The number of aromatic hydroxyl groups is 1. The van der Waals surface area contributed by atoms with Crippen LogP contribution in [0.3, 0.4) is 0 Å². The quantitative estimate of drug-likeness (QED) is 0.638. The molecule has 0 aliphatic carbocycles. The summed E-state index contributed by atoms with van der Waals surface area (Å²) in [5.74, 6) is -1.74. The van der Waals surface area contributed by atoms with Gasteiger partial charge in [-0.15, -0.1) is 0 Å². The molecule has 1 atom stereocenters. The highest BCUT2D eigenvalue weighted by Crippen LogP contribution is 2.21. The van der Waals surface area contributed by atoms with Crippen LogP contribution in [0.4, 0.5) is 0 Å². The Labute approximate surface area is 123 Å². The van der Waals surface area contributed by atoms with Crippen LogP contribution in [-0.2, 0) is 25.5 Å². The molecule has 6 nitrogen and oxygen atoms in total. The lowest BCUT2D eigenvalue weighted by Gasteiger charge is -2.29. The van der Waals surface area contributed by atoms with E-state index in [9.17, 15) is 14.7 Å². The van der Waals surface area contributed by atoms with Gasteiger partial charge in [-0.2, -0.15) is 0 Å². The Morgan fingerprint density at radius 3 is 2.33 bits per heavy atom. The number of phenols is 1. The van der Waals surface area contributed by atoms with Gasteiger partial charge in [0.15, 0.2) is 0 Å². The number of nitrogens with two attached hydrogens (primary N) is 1. The van der Waals surface area contributed by atoms with Gasteiger partial charge >= 0.3 is 11.9 Å². The molecule has 1 aromatic rings. The Bertz CT molecular complexity index is 535. The van der Waals surface area contributed by atoms with E-state index >= 15 is 0 Å². The second-order valence-electron chi connectivity index (χ2n) is 5.81. The van der Waals surface area contributed by atoms with Gasteiger partial charge in [-0.3, -0.25) is 0 Å². The highest BCUT2D eigenvalue weighted by molar-refractivity contribution is 6.05. The van der Waals surface area contributed by atoms with E-state index in [-0.39, 0.29) is 12.2 Å². The zero-order chi connectivity index (χ0) is 16.3. The van der Waals surface area contributed by atoms with Crippen molar-refractivity contribution in [3.8, 4) is 5.75 Å². The Morgan fingerprint density at radius 1 is 1.24 bits per heavy atom. The molecule has 0 saturated heterocycles. The molecule has 1 rings (SSSR count). The van der Waals surface area contributed by atoms with Crippen LogP contribution < -0.4 is 5.73 Å². The number of carbonyl (C=O) groups is 2. The summed E-state index contributed by atoms with van der Waals surface area (Å²) in [6, 6.07) is 6.15. The van der Waals surface area contributed by atoms with Crippen molar-refractivity contribution in [1.29, 1.82) is 0 Å². The lowest BCUT2D eigenvalue weighted by atomic mass is 9.91. The minimum absolute atomic E-state index is 0.0175. The smallest absolute Gasteiger partial charge is 0.338 e. The van der Waals surface area contributed by atoms with Crippen molar-refractivity contribution in [3.63, 3.8) is 0 Å². The normalized spacial score (nSPS) is 14.1. The summed E-state index contributed by atoms with van der Waals surface area (Å²) in [7, 11) is 1.15. The molecule has 1 aromatic carbocycles. The predicted molar refractivity (Wildman–Crippen MR) is 76.6 cm³/mol. The zero-order valence-electron chi connectivity index (χ0n) is 12.7. The van der Waals surface area contributed by atoms with Gasteiger partial charge < -0.3 is 20.3 Å². The van der Waals surface area contributed by atoms with Crippen molar-refractivity contribution < 1.29 is 24.2 Å². The molecule has 0 heterocycles. The number of methoxy groups -OCH3 is 1. The van der Waals surface area contributed by atoms with Crippen LogP contribution in [0.1, 0.15) is 26.3 Å². The highest BCUT2D eigenvalue weighted by Gasteiger charge is 2.46. The first-order valence-corrected chi connectivity index (χ1v) is 6.47. The highest BCUT2D eigenvalue weighted by atomic mass is 16.6. The third kappa shape index (κ3) is 4.46. The molecule has 0 radical (unpaired) electrons. The van der Waals surface area contributed by atoms with Crippen LogP contribution in [0.25, 0.3) is 0 Å². The maximum Gasteiger partial charge on any atom is 0.338 e. The van der Waals surface area contributed by atoms with E-state index in [1.54, 1.807) is 32.9 Å². The van der Waals surface area contributed by atoms with Crippen molar-refractivity contribution in [1.82, 2.24) is 0 Å². The van der Waals surface area contributed by atoms with Gasteiger partial charge in [0, 0.05) is 6.42 Å². The number of phenolic OH excluding ortho intramolecular Hbond substituents is 1. The summed E-state index contributed by atoms with van der Waals surface area (Å²) >= 11 is 0. The summed E-state index contributed by atoms with van der Waals surface area (Å²) in [6.45, 7) is 5.03. The van der Waals surface area contributed by atoms with Crippen LogP contribution in [0.5, 0.6) is 5.75 Å². The summed E-state index contributed by atoms with van der Waals surface area (Å²) in [4.78, 5) is 24.2. The largest absolute Gasteiger partial charge is 0.508 e. The molecular formula is C15H21NO5. The molecule has 0 fully saturated rings. The SMILES string of the molecule is COC(=O)C(N)(Cc1cccc(O)c1)C(=O)OC(C)(C)C. The van der Waals surface area contributed by atoms with E-state index in [4.69, 9.17) is 10.5 Å². The first kappa shape index (κ1) is 17.0. The van der Waals surface area contributed by atoms with Gasteiger partial charge in [0.25, 0.3) is 0 Å². The Morgan fingerprint density at radius 2 is 1.86 bits per heavy atom. The second kappa shape index (κ2) is 6.13. The lowest BCUT2D eigenvalue weighted by Crippen LogP contribution is -2.59. The molecular weight excluding hydrogens is 274 g/mol. The zero-order valence-corrected chi connectivity index (χ0v) is 12.7. The average Bonchev–Trinajstić information content (AvgIpc) is 2.35. The molecule has 0 saturated carbocycles. The van der Waals surface area contributed by atoms with Crippen molar-refractivity contribution >= 4 is 11.9 Å². The van der Waals surface area contributed by atoms with Gasteiger partial charge in [0.05, 0.1) is 7.11 Å². The fraction of sp³-hybridized carbons (Fsp3) is 0.467. The maximum absolute atomic E-state index is 12.3. The van der Waals surface area contributed by atoms with E-state index in [0.717, 1.165) is 7.11 Å². The van der Waals surface area contributed by atoms with E-state index < -0.39 is 23.1 Å². The third-order valence-corrected chi connectivity index (χ3v) is 2.71. The predicted octanol–water partition coefficient (Wildman–Crippen LogP) is 1.15. The number of esters is 2. The average molecular weight is 295 g/mol. The molecule has 0 bridgehead atoms. The van der Waals surface area contributed by atoms with E-state index in [1.807, 2.05) is 0 Å². The maximum atomic E-state index is 12.3. The Kier molecular flexibility index (Phi) is 4.96. The third-order valence-electron chi connectivity index (χ3n) is 2.71. The van der Waals surface area contributed by atoms with Crippen molar-refractivity contribution in [2.45, 2.75) is 38.3 Å². The summed E-state index contributed by atoms with van der Waals surface area (Å²) in [6.07, 6.45) is -0.136. The fourth-order valence-corrected chi connectivity index (χ4v) is 1.77. The molecule has 0 aliphatic rings. The molecule has 0 amide bonds. The summed E-state index contributed by atoms with van der Waals surface area (Å²) < 4.78 is 9.83. The number of hydrogen-bond donors (Lipinski definition) is 2. The lowest BCUT2D eigenvalue weighted by molar-refractivity contribution is -0.170. The minimum Gasteiger partial charge on any atom is -0.508 e. The molecule has 21 heavy (non-hydrogen) atoms. The monoisotopic (exact) mass is 295 g/mol. The standard InChI is InChI=1S/C15H21NO5/c1-14(2,3)21-13(19)15(16,12(18)20-4)9-10-6-5-7-11(17)8-10/h5-8,17H,9,16H2,1-4H3. The minimum atomic E-state index is -1.96. The number of benzene rings is 1. The van der Waals surface area contributed by atoms with Crippen LogP contribution in [-0.4, -0.2) is 35.3 Å². The van der Waals surface area contributed by atoms with Crippen molar-refractivity contribution in [2.75, 3.05) is 7.11 Å². The van der Waals surface area contributed by atoms with E-state index in [0.29, 0.717) is 5.56 Å². The van der Waals surface area contributed by atoms with Crippen molar-refractivity contribution in [3.05, 3.63) is 29.8 Å². The number of ether oxygens (including phenoxy) is 2.